The third kappa shape index (κ3) is 4.07. The van der Waals surface area contributed by atoms with E-state index in [-0.39, 0.29) is 17.8 Å². The molecule has 0 atom stereocenters. The molecule has 1 amide bonds. The molecule has 1 aromatic heterocycles. The van der Waals surface area contributed by atoms with Crippen molar-refractivity contribution in [3.8, 4) is 0 Å². The van der Waals surface area contributed by atoms with Gasteiger partial charge in [-0.05, 0) is 20.3 Å². The molecule has 0 saturated carbocycles. The molecule has 8 heteroatoms. The Hall–Kier alpha value is -1.41. The number of sulfonamides is 1. The molecule has 1 rings (SSSR count). The minimum atomic E-state index is -3.78. The van der Waals surface area contributed by atoms with E-state index in [1.807, 2.05) is 27.7 Å². The molecule has 7 nitrogen and oxygen atoms in total. The zero-order chi connectivity index (χ0) is 17.2. The van der Waals surface area contributed by atoms with Crippen LogP contribution in [-0.2, 0) is 20.2 Å². The monoisotopic (exact) mass is 331 g/mol. The van der Waals surface area contributed by atoms with E-state index in [1.54, 1.807) is 6.07 Å². The number of amides is 1. The maximum atomic E-state index is 12.3. The van der Waals surface area contributed by atoms with E-state index in [2.05, 4.69) is 15.2 Å². The number of rotatable bonds is 6. The van der Waals surface area contributed by atoms with Gasteiger partial charge in [-0.25, -0.2) is 13.1 Å². The van der Waals surface area contributed by atoms with E-state index in [0.29, 0.717) is 12.2 Å². The number of hydrogen-bond acceptors (Lipinski definition) is 5. The molecule has 126 valence electrons. The van der Waals surface area contributed by atoms with E-state index in [9.17, 15) is 13.2 Å². The number of carbonyl (C=O) groups excluding carboxylic acids is 1. The minimum absolute atomic E-state index is 0.202. The third-order valence-corrected chi connectivity index (χ3v) is 5.36. The molecular weight excluding hydrogens is 306 g/mol. The first-order valence-corrected chi connectivity index (χ1v) is 8.68. The van der Waals surface area contributed by atoms with E-state index in [0.717, 1.165) is 0 Å². The van der Waals surface area contributed by atoms with Gasteiger partial charge in [0.25, 0.3) is 0 Å². The summed E-state index contributed by atoms with van der Waals surface area (Å²) in [6, 6.07) is 1.60. The fourth-order valence-electron chi connectivity index (χ4n) is 1.49. The molecule has 0 unspecified atom stereocenters. The summed E-state index contributed by atoms with van der Waals surface area (Å²) in [7, 11) is -3.78. The second kappa shape index (κ2) is 6.37. The van der Waals surface area contributed by atoms with Crippen molar-refractivity contribution in [2.45, 2.75) is 58.1 Å². The molecular formula is C14H25N3O4S. The Labute approximate surface area is 131 Å². The molecule has 1 heterocycles. The van der Waals surface area contributed by atoms with E-state index >= 15 is 0 Å². The van der Waals surface area contributed by atoms with Crippen LogP contribution in [0.1, 0.15) is 53.7 Å². The van der Waals surface area contributed by atoms with Crippen LogP contribution in [0.5, 0.6) is 0 Å². The van der Waals surface area contributed by atoms with Crippen LogP contribution >= 0.6 is 0 Å². The van der Waals surface area contributed by atoms with Gasteiger partial charge in [0, 0.05) is 18.0 Å². The van der Waals surface area contributed by atoms with Gasteiger partial charge < -0.3 is 9.84 Å². The van der Waals surface area contributed by atoms with Crippen molar-refractivity contribution in [2.24, 2.45) is 0 Å². The average molecular weight is 331 g/mol. The molecule has 0 aliphatic carbocycles. The first-order valence-electron chi connectivity index (χ1n) is 7.19. The summed E-state index contributed by atoms with van der Waals surface area (Å²) >= 11 is 0. The Kier molecular flexibility index (Phi) is 5.40. The van der Waals surface area contributed by atoms with Gasteiger partial charge in [0.05, 0.1) is 0 Å². The molecule has 0 bridgehead atoms. The van der Waals surface area contributed by atoms with Gasteiger partial charge in [-0.3, -0.25) is 4.79 Å². The highest BCUT2D eigenvalue weighted by Gasteiger charge is 2.42. The van der Waals surface area contributed by atoms with Gasteiger partial charge >= 0.3 is 0 Å². The van der Waals surface area contributed by atoms with Crippen molar-refractivity contribution in [3.05, 3.63) is 11.8 Å². The number of carbonyl (C=O) groups is 1. The van der Waals surface area contributed by atoms with Crippen LogP contribution in [-0.4, -0.2) is 30.8 Å². The Morgan fingerprint density at radius 2 is 1.86 bits per heavy atom. The van der Waals surface area contributed by atoms with Gasteiger partial charge in [-0.2, -0.15) is 0 Å². The largest absolute Gasteiger partial charge is 0.359 e. The maximum Gasteiger partial charge on any atom is 0.247 e. The average Bonchev–Trinajstić information content (AvgIpc) is 2.84. The van der Waals surface area contributed by atoms with Crippen molar-refractivity contribution in [3.63, 3.8) is 0 Å². The zero-order valence-corrected chi connectivity index (χ0v) is 14.8. The number of nitrogens with one attached hydrogen (secondary N) is 2. The second-order valence-corrected chi connectivity index (χ2v) is 9.00. The van der Waals surface area contributed by atoms with Crippen molar-refractivity contribution in [1.29, 1.82) is 0 Å². The fourth-order valence-corrected chi connectivity index (χ4v) is 2.62. The van der Waals surface area contributed by atoms with Crippen LogP contribution in [0.2, 0.25) is 0 Å². The van der Waals surface area contributed by atoms with Crippen molar-refractivity contribution in [2.75, 3.05) is 11.9 Å². The highest BCUT2D eigenvalue weighted by Crippen LogP contribution is 2.25. The van der Waals surface area contributed by atoms with Gasteiger partial charge in [0.15, 0.2) is 10.6 Å². The second-order valence-electron chi connectivity index (χ2n) is 6.69. The van der Waals surface area contributed by atoms with E-state index < -0.39 is 20.7 Å². The highest BCUT2D eigenvalue weighted by molar-refractivity contribution is 7.91. The number of aromatic nitrogens is 1. The Morgan fingerprint density at radius 1 is 1.27 bits per heavy atom. The first-order chi connectivity index (χ1) is 9.91. The molecule has 0 radical (unpaired) electrons. The molecule has 22 heavy (non-hydrogen) atoms. The van der Waals surface area contributed by atoms with Gasteiger partial charge in [0.1, 0.15) is 5.76 Å². The minimum Gasteiger partial charge on any atom is -0.359 e. The fraction of sp³-hybridized carbons (Fsp3) is 0.714. The van der Waals surface area contributed by atoms with Crippen molar-refractivity contribution >= 4 is 21.7 Å². The third-order valence-electron chi connectivity index (χ3n) is 3.25. The van der Waals surface area contributed by atoms with Crippen molar-refractivity contribution in [1.82, 2.24) is 9.88 Å². The molecule has 2 N–H and O–H groups in total. The van der Waals surface area contributed by atoms with Gasteiger partial charge in [-0.15, -0.1) is 0 Å². The predicted octanol–water partition coefficient (Wildman–Crippen LogP) is 2.02. The van der Waals surface area contributed by atoms with Crippen LogP contribution in [0.15, 0.2) is 10.6 Å². The Balaban J connectivity index is 2.90. The normalized spacial score (nSPS) is 13.2. The lowest BCUT2D eigenvalue weighted by Gasteiger charge is -2.23. The molecule has 1 aromatic rings. The number of nitrogens with zero attached hydrogens (tertiary/aromatic N) is 1. The Bertz CT molecular complexity index is 627. The van der Waals surface area contributed by atoms with Gasteiger partial charge in [0.2, 0.25) is 15.9 Å². The number of anilines is 1. The lowest BCUT2D eigenvalue weighted by molar-refractivity contribution is -0.117. The summed E-state index contributed by atoms with van der Waals surface area (Å²) in [5, 5.41) is 6.25. The summed E-state index contributed by atoms with van der Waals surface area (Å²) in [4.78, 5) is 12.3. The topological polar surface area (TPSA) is 101 Å². The molecule has 0 aromatic carbocycles. The first kappa shape index (κ1) is 18.6. The van der Waals surface area contributed by atoms with Crippen LogP contribution in [0, 0.1) is 0 Å². The standard InChI is InChI=1S/C14H25N3O4S/c1-7-8-15-22(19,20)14(5,6)12(18)16-11-9-10(21-17-11)13(2,3)4/h9,15H,7-8H2,1-6H3,(H,16,17,18). The SMILES string of the molecule is CCCNS(=O)(=O)C(C)(C)C(=O)Nc1cc(C(C)(C)C)on1. The maximum absolute atomic E-state index is 12.3. The molecule has 0 fully saturated rings. The van der Waals surface area contributed by atoms with Crippen molar-refractivity contribution < 1.29 is 17.7 Å². The number of hydrogen-bond donors (Lipinski definition) is 2. The smallest absolute Gasteiger partial charge is 0.247 e. The molecule has 0 saturated heterocycles. The summed E-state index contributed by atoms with van der Waals surface area (Å²) < 4.78 is 30.3. The molecule has 0 aliphatic rings. The summed E-state index contributed by atoms with van der Waals surface area (Å²) in [5.41, 5.74) is -0.250. The molecule has 0 spiro atoms. The van der Waals surface area contributed by atoms with Crippen LogP contribution < -0.4 is 10.0 Å². The molecule has 0 aliphatic heterocycles. The van der Waals surface area contributed by atoms with Crippen LogP contribution in [0.3, 0.4) is 0 Å². The van der Waals surface area contributed by atoms with E-state index in [1.165, 1.54) is 13.8 Å². The lowest BCUT2D eigenvalue weighted by atomic mass is 9.93. The Morgan fingerprint density at radius 3 is 2.32 bits per heavy atom. The summed E-state index contributed by atoms with van der Waals surface area (Å²) in [6.07, 6.45) is 0.648. The summed E-state index contributed by atoms with van der Waals surface area (Å²) in [5.74, 6) is 0.145. The quantitative estimate of drug-likeness (QED) is 0.830. The lowest BCUT2D eigenvalue weighted by Crippen LogP contribution is -2.50. The van der Waals surface area contributed by atoms with Crippen LogP contribution in [0.4, 0.5) is 5.82 Å². The van der Waals surface area contributed by atoms with Crippen LogP contribution in [0.25, 0.3) is 0 Å². The highest BCUT2D eigenvalue weighted by atomic mass is 32.2. The predicted molar refractivity (Wildman–Crippen MR) is 85.1 cm³/mol. The van der Waals surface area contributed by atoms with E-state index in [4.69, 9.17) is 4.52 Å². The van der Waals surface area contributed by atoms with Gasteiger partial charge in [-0.1, -0.05) is 32.9 Å². The zero-order valence-electron chi connectivity index (χ0n) is 14.0. The summed E-state index contributed by atoms with van der Waals surface area (Å²) in [6.45, 7) is 10.7.